The Morgan fingerprint density at radius 3 is 2.73 bits per heavy atom. The first-order chi connectivity index (χ1) is 5.35. The molecule has 0 rings (SSSR count). The minimum absolute atomic E-state index is 0.513. The number of nitrogens with zero attached hydrogens (tertiary/aromatic N) is 1. The maximum absolute atomic E-state index is 5.42. The van der Waals surface area contributed by atoms with Crippen LogP contribution in [0.1, 0.15) is 0 Å². The highest BCUT2D eigenvalue weighted by Crippen LogP contribution is 1.88. The highest BCUT2D eigenvalue weighted by molar-refractivity contribution is 5.79. The van der Waals surface area contributed by atoms with Gasteiger partial charge in [-0.05, 0) is 5.57 Å². The van der Waals surface area contributed by atoms with Crippen LogP contribution in [0.25, 0.3) is 0 Å². The van der Waals surface area contributed by atoms with Crippen LogP contribution in [0.3, 0.4) is 0 Å². The first kappa shape index (κ1) is 9.85. The summed E-state index contributed by atoms with van der Waals surface area (Å²) in [6.07, 6.45) is 9.10. The molecule has 2 nitrogen and oxygen atoms in total. The monoisotopic (exact) mass is 150 g/mol. The Morgan fingerprint density at radius 2 is 2.27 bits per heavy atom. The Kier molecular flexibility index (Phi) is 6.24. The van der Waals surface area contributed by atoms with Crippen molar-refractivity contribution in [2.75, 3.05) is 13.6 Å². The van der Waals surface area contributed by atoms with Gasteiger partial charge < -0.3 is 5.73 Å². The van der Waals surface area contributed by atoms with Gasteiger partial charge in [-0.25, -0.2) is 0 Å². The highest BCUT2D eigenvalue weighted by atomic mass is 14.6. The maximum Gasteiger partial charge on any atom is 0.0277 e. The molecule has 2 heteroatoms. The fourth-order valence-corrected chi connectivity index (χ4v) is 0.587. The fourth-order valence-electron chi connectivity index (χ4n) is 0.587. The molecule has 0 aromatic heterocycles. The van der Waals surface area contributed by atoms with Gasteiger partial charge in [-0.15, -0.1) is 0 Å². The Labute approximate surface area is 67.8 Å². The first-order valence-corrected chi connectivity index (χ1v) is 3.45. The molecule has 0 radical (unpaired) electrons. The Bertz CT molecular complexity index is 188. The van der Waals surface area contributed by atoms with E-state index in [1.807, 2.05) is 18.2 Å². The van der Waals surface area contributed by atoms with E-state index in [2.05, 4.69) is 11.6 Å². The van der Waals surface area contributed by atoms with Crippen molar-refractivity contribution in [2.24, 2.45) is 10.7 Å². The second-order valence-corrected chi connectivity index (χ2v) is 1.95. The summed E-state index contributed by atoms with van der Waals surface area (Å²) in [7, 11) is 1.72. The van der Waals surface area contributed by atoms with Gasteiger partial charge in [0.2, 0.25) is 0 Å². The van der Waals surface area contributed by atoms with Crippen LogP contribution in [-0.2, 0) is 0 Å². The van der Waals surface area contributed by atoms with Gasteiger partial charge >= 0.3 is 0 Å². The van der Waals surface area contributed by atoms with E-state index in [9.17, 15) is 0 Å². The van der Waals surface area contributed by atoms with Crippen LogP contribution in [0.2, 0.25) is 0 Å². The highest BCUT2D eigenvalue weighted by Gasteiger charge is 1.83. The molecule has 0 unspecified atom stereocenters. The lowest BCUT2D eigenvalue weighted by Gasteiger charge is -1.90. The van der Waals surface area contributed by atoms with E-state index in [1.165, 1.54) is 0 Å². The average Bonchev–Trinajstić information content (AvgIpc) is 2.03. The second-order valence-electron chi connectivity index (χ2n) is 1.95. The zero-order valence-corrected chi connectivity index (χ0v) is 6.83. The smallest absolute Gasteiger partial charge is 0.0277 e. The molecule has 0 saturated carbocycles. The molecule has 0 amide bonds. The lowest BCUT2D eigenvalue weighted by molar-refractivity contribution is 1.21. The van der Waals surface area contributed by atoms with Crippen molar-refractivity contribution in [1.82, 2.24) is 0 Å². The summed E-state index contributed by atoms with van der Waals surface area (Å²) in [5.41, 5.74) is 6.43. The Balaban J connectivity index is 4.11. The third-order valence-electron chi connectivity index (χ3n) is 1.09. The standard InChI is InChI=1S/C9H14N2/c1-3-4-5-6-9(7-10)8-11-2/h3-6,8H,1,7,10H2,2H3/b5-4-,9-6+,11-8?. The zero-order valence-electron chi connectivity index (χ0n) is 6.83. The molecular formula is C9H14N2. The predicted molar refractivity (Wildman–Crippen MR) is 50.9 cm³/mol. The number of hydrogen-bond donors (Lipinski definition) is 1. The molecule has 60 valence electrons. The van der Waals surface area contributed by atoms with E-state index in [-0.39, 0.29) is 0 Å². The van der Waals surface area contributed by atoms with Gasteiger partial charge in [0.05, 0.1) is 0 Å². The summed E-state index contributed by atoms with van der Waals surface area (Å²) in [6, 6.07) is 0. The third kappa shape index (κ3) is 5.30. The van der Waals surface area contributed by atoms with Crippen molar-refractivity contribution in [3.05, 3.63) is 36.5 Å². The van der Waals surface area contributed by atoms with Gasteiger partial charge in [0.25, 0.3) is 0 Å². The van der Waals surface area contributed by atoms with Crippen molar-refractivity contribution in [1.29, 1.82) is 0 Å². The Morgan fingerprint density at radius 1 is 1.55 bits per heavy atom. The lowest BCUT2D eigenvalue weighted by atomic mass is 10.2. The van der Waals surface area contributed by atoms with Crippen LogP contribution in [0.15, 0.2) is 41.4 Å². The van der Waals surface area contributed by atoms with Crippen LogP contribution < -0.4 is 5.73 Å². The van der Waals surface area contributed by atoms with Crippen molar-refractivity contribution < 1.29 is 0 Å². The minimum atomic E-state index is 0.513. The van der Waals surface area contributed by atoms with Gasteiger partial charge in [0, 0.05) is 19.8 Å². The number of rotatable bonds is 4. The van der Waals surface area contributed by atoms with Gasteiger partial charge in [-0.3, -0.25) is 4.99 Å². The number of aliphatic imine (C=N–C) groups is 1. The number of hydrogen-bond acceptors (Lipinski definition) is 2. The molecule has 0 bridgehead atoms. The van der Waals surface area contributed by atoms with Crippen molar-refractivity contribution in [3.8, 4) is 0 Å². The fraction of sp³-hybridized carbons (Fsp3) is 0.222. The van der Waals surface area contributed by atoms with Gasteiger partial charge in [0.1, 0.15) is 0 Å². The number of nitrogens with two attached hydrogens (primary N) is 1. The molecule has 0 aliphatic rings. The molecule has 0 aliphatic heterocycles. The molecule has 0 heterocycles. The Hall–Kier alpha value is -1.15. The molecule has 0 aromatic carbocycles. The molecule has 0 aliphatic carbocycles. The predicted octanol–water partition coefficient (Wildman–Crippen LogP) is 1.31. The van der Waals surface area contributed by atoms with E-state index >= 15 is 0 Å². The van der Waals surface area contributed by atoms with Crippen LogP contribution in [0.5, 0.6) is 0 Å². The summed E-state index contributed by atoms with van der Waals surface area (Å²) < 4.78 is 0. The van der Waals surface area contributed by atoms with Crippen LogP contribution in [0.4, 0.5) is 0 Å². The van der Waals surface area contributed by atoms with Crippen molar-refractivity contribution in [2.45, 2.75) is 0 Å². The van der Waals surface area contributed by atoms with Gasteiger partial charge in [-0.2, -0.15) is 0 Å². The van der Waals surface area contributed by atoms with E-state index in [0.29, 0.717) is 6.54 Å². The summed E-state index contributed by atoms with van der Waals surface area (Å²) in [5, 5.41) is 0. The first-order valence-electron chi connectivity index (χ1n) is 3.45. The third-order valence-corrected chi connectivity index (χ3v) is 1.09. The molecule has 0 saturated heterocycles. The van der Waals surface area contributed by atoms with Crippen molar-refractivity contribution >= 4 is 6.21 Å². The number of allylic oxidation sites excluding steroid dienone is 4. The molecule has 11 heavy (non-hydrogen) atoms. The van der Waals surface area contributed by atoms with E-state index in [1.54, 1.807) is 19.3 Å². The van der Waals surface area contributed by atoms with Gasteiger partial charge in [0.15, 0.2) is 0 Å². The molecule has 0 aromatic rings. The quantitative estimate of drug-likeness (QED) is 0.476. The summed E-state index contributed by atoms with van der Waals surface area (Å²) in [5.74, 6) is 0. The lowest BCUT2D eigenvalue weighted by Crippen LogP contribution is -2.03. The topological polar surface area (TPSA) is 38.4 Å². The van der Waals surface area contributed by atoms with Crippen molar-refractivity contribution in [3.63, 3.8) is 0 Å². The summed E-state index contributed by atoms with van der Waals surface area (Å²) in [6.45, 7) is 4.06. The molecule has 0 fully saturated rings. The van der Waals surface area contributed by atoms with Gasteiger partial charge in [-0.1, -0.05) is 30.9 Å². The minimum Gasteiger partial charge on any atom is -0.326 e. The SMILES string of the molecule is C=C/C=C\C=C(\C=NC)CN. The van der Waals surface area contributed by atoms with Crippen LogP contribution >= 0.6 is 0 Å². The van der Waals surface area contributed by atoms with Crippen LogP contribution in [-0.4, -0.2) is 19.8 Å². The average molecular weight is 150 g/mol. The van der Waals surface area contributed by atoms with E-state index in [4.69, 9.17) is 5.73 Å². The van der Waals surface area contributed by atoms with Crippen LogP contribution in [0, 0.1) is 0 Å². The summed E-state index contributed by atoms with van der Waals surface area (Å²) in [4.78, 5) is 3.85. The molecular weight excluding hydrogens is 136 g/mol. The van der Waals surface area contributed by atoms with E-state index in [0.717, 1.165) is 5.57 Å². The largest absolute Gasteiger partial charge is 0.326 e. The summed E-state index contributed by atoms with van der Waals surface area (Å²) >= 11 is 0. The molecule has 0 spiro atoms. The second kappa shape index (κ2) is 6.96. The molecule has 2 N–H and O–H groups in total. The normalized spacial score (nSPS) is 13.1. The molecule has 0 atom stereocenters. The maximum atomic E-state index is 5.42. The zero-order chi connectivity index (χ0) is 8.53. The van der Waals surface area contributed by atoms with E-state index < -0.39 is 0 Å².